The van der Waals surface area contributed by atoms with Crippen molar-refractivity contribution in [2.45, 2.75) is 43.4 Å². The molecular formula is C13H19NO2S. The van der Waals surface area contributed by atoms with Crippen LogP contribution in [0.3, 0.4) is 0 Å². The third-order valence-electron chi connectivity index (χ3n) is 4.23. The van der Waals surface area contributed by atoms with Crippen LogP contribution >= 0.6 is 11.3 Å². The molecule has 0 unspecified atom stereocenters. The average Bonchev–Trinajstić information content (AvgIpc) is 2.80. The van der Waals surface area contributed by atoms with Crippen LogP contribution in [-0.2, 0) is 10.2 Å². The molecule has 1 N–H and O–H groups in total. The number of aliphatic hydroxyl groups is 1. The smallest absolute Gasteiger partial charge is 0.101 e. The van der Waals surface area contributed by atoms with Gasteiger partial charge in [-0.2, -0.15) is 0 Å². The van der Waals surface area contributed by atoms with E-state index in [9.17, 15) is 5.11 Å². The number of aromatic nitrogens is 1. The Labute approximate surface area is 106 Å². The highest BCUT2D eigenvalue weighted by Crippen LogP contribution is 2.45. The Morgan fingerprint density at radius 3 is 2.76 bits per heavy atom. The monoisotopic (exact) mass is 253 g/mol. The topological polar surface area (TPSA) is 42.4 Å². The summed E-state index contributed by atoms with van der Waals surface area (Å²) in [7, 11) is 0. The van der Waals surface area contributed by atoms with E-state index in [2.05, 4.69) is 5.38 Å². The van der Waals surface area contributed by atoms with Gasteiger partial charge in [-0.3, -0.25) is 0 Å². The zero-order valence-corrected chi connectivity index (χ0v) is 10.8. The van der Waals surface area contributed by atoms with E-state index in [1.807, 2.05) is 0 Å². The highest BCUT2D eigenvalue weighted by Gasteiger charge is 2.41. The van der Waals surface area contributed by atoms with Gasteiger partial charge < -0.3 is 9.84 Å². The first-order valence-corrected chi connectivity index (χ1v) is 7.36. The van der Waals surface area contributed by atoms with E-state index in [-0.39, 0.29) is 12.0 Å². The standard InChI is InChI=1S/C13H19NO2S/c15-9-13(4-1-5-13)12-14-11(8-17-12)10-2-6-16-7-3-10/h8,10,15H,1-7,9H2. The Bertz CT molecular complexity index is 375. The van der Waals surface area contributed by atoms with Gasteiger partial charge in [-0.1, -0.05) is 6.42 Å². The molecule has 1 saturated carbocycles. The van der Waals surface area contributed by atoms with Crippen LogP contribution in [0.4, 0.5) is 0 Å². The van der Waals surface area contributed by atoms with Crippen LogP contribution in [0.15, 0.2) is 5.38 Å². The van der Waals surface area contributed by atoms with E-state index >= 15 is 0 Å². The van der Waals surface area contributed by atoms with Crippen LogP contribution in [-0.4, -0.2) is 29.9 Å². The van der Waals surface area contributed by atoms with Crippen molar-refractivity contribution in [2.24, 2.45) is 0 Å². The molecule has 0 atom stereocenters. The predicted molar refractivity (Wildman–Crippen MR) is 67.5 cm³/mol. The second-order valence-electron chi connectivity index (χ2n) is 5.26. The molecule has 0 spiro atoms. The fourth-order valence-electron chi connectivity index (χ4n) is 2.75. The molecule has 17 heavy (non-hydrogen) atoms. The van der Waals surface area contributed by atoms with Gasteiger partial charge in [0.1, 0.15) is 5.01 Å². The lowest BCUT2D eigenvalue weighted by Gasteiger charge is -2.38. The molecule has 1 saturated heterocycles. The van der Waals surface area contributed by atoms with Crippen molar-refractivity contribution >= 4 is 11.3 Å². The molecule has 0 amide bonds. The molecule has 3 rings (SSSR count). The number of rotatable bonds is 3. The van der Waals surface area contributed by atoms with Gasteiger partial charge in [0.2, 0.25) is 0 Å². The van der Waals surface area contributed by atoms with E-state index in [4.69, 9.17) is 9.72 Å². The van der Waals surface area contributed by atoms with Gasteiger partial charge in [-0.25, -0.2) is 4.98 Å². The van der Waals surface area contributed by atoms with Crippen LogP contribution in [0.25, 0.3) is 0 Å². The molecule has 0 aromatic carbocycles. The van der Waals surface area contributed by atoms with Gasteiger partial charge in [0.05, 0.1) is 12.3 Å². The Hall–Kier alpha value is -0.450. The van der Waals surface area contributed by atoms with Crippen molar-refractivity contribution in [3.05, 3.63) is 16.1 Å². The first-order valence-electron chi connectivity index (χ1n) is 6.49. The normalized spacial score (nSPS) is 24.5. The van der Waals surface area contributed by atoms with Crippen LogP contribution in [0.1, 0.15) is 48.7 Å². The lowest BCUT2D eigenvalue weighted by Crippen LogP contribution is -2.37. The van der Waals surface area contributed by atoms with Crippen molar-refractivity contribution in [1.82, 2.24) is 4.98 Å². The zero-order chi connectivity index (χ0) is 11.7. The highest BCUT2D eigenvalue weighted by atomic mass is 32.1. The van der Waals surface area contributed by atoms with Crippen LogP contribution in [0.5, 0.6) is 0 Å². The maximum atomic E-state index is 9.56. The molecular weight excluding hydrogens is 234 g/mol. The van der Waals surface area contributed by atoms with Crippen LogP contribution in [0.2, 0.25) is 0 Å². The molecule has 1 aliphatic carbocycles. The Balaban J connectivity index is 1.77. The van der Waals surface area contributed by atoms with Crippen molar-refractivity contribution in [3.8, 4) is 0 Å². The molecule has 94 valence electrons. The largest absolute Gasteiger partial charge is 0.395 e. The summed E-state index contributed by atoms with van der Waals surface area (Å²) in [6.07, 6.45) is 5.62. The Morgan fingerprint density at radius 2 is 2.18 bits per heavy atom. The maximum Gasteiger partial charge on any atom is 0.101 e. The first kappa shape index (κ1) is 11.6. The summed E-state index contributed by atoms with van der Waals surface area (Å²) in [6, 6.07) is 0. The van der Waals surface area contributed by atoms with Crippen LogP contribution < -0.4 is 0 Å². The van der Waals surface area contributed by atoms with E-state index in [0.29, 0.717) is 5.92 Å². The molecule has 0 radical (unpaired) electrons. The maximum absolute atomic E-state index is 9.56. The van der Waals surface area contributed by atoms with Gasteiger partial charge in [0.15, 0.2) is 0 Å². The second-order valence-corrected chi connectivity index (χ2v) is 6.11. The van der Waals surface area contributed by atoms with Crippen LogP contribution in [0, 0.1) is 0 Å². The minimum absolute atomic E-state index is 0.00802. The summed E-state index contributed by atoms with van der Waals surface area (Å²) in [5, 5.41) is 12.9. The summed E-state index contributed by atoms with van der Waals surface area (Å²) in [4.78, 5) is 4.80. The molecule has 0 bridgehead atoms. The van der Waals surface area contributed by atoms with Gasteiger partial charge >= 0.3 is 0 Å². The summed E-state index contributed by atoms with van der Waals surface area (Å²) in [5.41, 5.74) is 1.24. The van der Waals surface area contributed by atoms with Gasteiger partial charge in [0, 0.05) is 29.9 Å². The summed E-state index contributed by atoms with van der Waals surface area (Å²) in [6.45, 7) is 1.99. The SMILES string of the molecule is OCC1(c2nc(C3CCOCC3)cs2)CCC1. The first-order chi connectivity index (χ1) is 8.34. The van der Waals surface area contributed by atoms with Crippen molar-refractivity contribution in [2.75, 3.05) is 19.8 Å². The zero-order valence-electron chi connectivity index (χ0n) is 10.0. The van der Waals surface area contributed by atoms with Gasteiger partial charge in [0.25, 0.3) is 0 Å². The van der Waals surface area contributed by atoms with E-state index in [0.717, 1.165) is 43.9 Å². The minimum atomic E-state index is 0.00802. The quantitative estimate of drug-likeness (QED) is 0.899. The summed E-state index contributed by atoms with van der Waals surface area (Å²) < 4.78 is 5.38. The van der Waals surface area contributed by atoms with Gasteiger partial charge in [-0.15, -0.1) is 11.3 Å². The van der Waals surface area contributed by atoms with E-state index < -0.39 is 0 Å². The molecule has 2 heterocycles. The van der Waals surface area contributed by atoms with Crippen molar-refractivity contribution in [1.29, 1.82) is 0 Å². The summed E-state index contributed by atoms with van der Waals surface area (Å²) in [5.74, 6) is 0.574. The fraction of sp³-hybridized carbons (Fsp3) is 0.769. The number of ether oxygens (including phenoxy) is 1. The third kappa shape index (κ3) is 2.02. The molecule has 1 aliphatic heterocycles. The van der Waals surface area contributed by atoms with Crippen molar-refractivity contribution < 1.29 is 9.84 Å². The molecule has 1 aromatic rings. The lowest BCUT2D eigenvalue weighted by atomic mass is 9.70. The van der Waals surface area contributed by atoms with E-state index in [1.165, 1.54) is 12.1 Å². The molecule has 4 heteroatoms. The number of aliphatic hydroxyl groups excluding tert-OH is 1. The number of hydrogen-bond acceptors (Lipinski definition) is 4. The summed E-state index contributed by atoms with van der Waals surface area (Å²) >= 11 is 1.74. The van der Waals surface area contributed by atoms with Gasteiger partial charge in [-0.05, 0) is 25.7 Å². The minimum Gasteiger partial charge on any atom is -0.395 e. The predicted octanol–water partition coefficient (Wildman–Crippen LogP) is 2.45. The highest BCUT2D eigenvalue weighted by molar-refractivity contribution is 7.09. The third-order valence-corrected chi connectivity index (χ3v) is 5.34. The molecule has 2 fully saturated rings. The Kier molecular flexibility index (Phi) is 3.19. The lowest BCUT2D eigenvalue weighted by molar-refractivity contribution is 0.0842. The molecule has 1 aromatic heterocycles. The van der Waals surface area contributed by atoms with Crippen molar-refractivity contribution in [3.63, 3.8) is 0 Å². The number of hydrogen-bond donors (Lipinski definition) is 1. The van der Waals surface area contributed by atoms with E-state index in [1.54, 1.807) is 11.3 Å². The molecule has 2 aliphatic rings. The average molecular weight is 253 g/mol. The second kappa shape index (κ2) is 4.67. The fourth-order valence-corrected chi connectivity index (χ4v) is 3.91. The number of nitrogens with zero attached hydrogens (tertiary/aromatic N) is 1. The number of thiazole rings is 1. The Morgan fingerprint density at radius 1 is 1.41 bits per heavy atom. The molecule has 3 nitrogen and oxygen atoms in total.